The van der Waals surface area contributed by atoms with Crippen LogP contribution in [0, 0.1) is 6.92 Å². The molecule has 0 aliphatic heterocycles. The molecule has 0 spiro atoms. The van der Waals surface area contributed by atoms with E-state index in [1.54, 1.807) is 7.05 Å². The number of halogens is 1. The number of unbranched alkanes of at least 4 members (excludes halogenated alkanes) is 1. The van der Waals surface area contributed by atoms with Crippen LogP contribution in [0.15, 0.2) is 29.3 Å². The first-order chi connectivity index (χ1) is 8.76. The predicted octanol–water partition coefficient (Wildman–Crippen LogP) is 2.57. The molecular weight excluding hydrogens is 353 g/mol. The lowest BCUT2D eigenvalue weighted by Gasteiger charge is -2.09. The molecule has 19 heavy (non-hydrogen) atoms. The number of nitrogens with one attached hydrogen (secondary N) is 2. The Hall–Kier alpha value is -0.980. The molecule has 0 heterocycles. The number of guanidine groups is 1. The van der Waals surface area contributed by atoms with E-state index in [2.05, 4.69) is 34.7 Å². The summed E-state index contributed by atoms with van der Waals surface area (Å²) in [7, 11) is 3.62. The minimum Gasteiger partial charge on any atom is -0.494 e. The van der Waals surface area contributed by atoms with Crippen LogP contribution in [0.25, 0.3) is 0 Å². The van der Waals surface area contributed by atoms with Gasteiger partial charge in [-0.2, -0.15) is 0 Å². The van der Waals surface area contributed by atoms with Crippen LogP contribution in [0.4, 0.5) is 0 Å². The third-order valence-corrected chi connectivity index (χ3v) is 2.61. The Labute approximate surface area is 133 Å². The van der Waals surface area contributed by atoms with E-state index in [-0.39, 0.29) is 24.0 Å². The largest absolute Gasteiger partial charge is 0.494 e. The van der Waals surface area contributed by atoms with Crippen molar-refractivity contribution in [2.45, 2.75) is 19.8 Å². The van der Waals surface area contributed by atoms with E-state index < -0.39 is 0 Å². The third kappa shape index (κ3) is 7.92. The number of ether oxygens (including phenoxy) is 1. The molecule has 0 radical (unpaired) electrons. The Bertz CT molecular complexity index is 365. The summed E-state index contributed by atoms with van der Waals surface area (Å²) >= 11 is 0. The van der Waals surface area contributed by atoms with Crippen molar-refractivity contribution in [2.75, 3.05) is 27.2 Å². The standard InChI is InChI=1S/C14H23N3O.HI/c1-12-6-8-13(9-7-12)18-11-5-4-10-17-14(15-2)16-3;/h6-9H,4-5,10-11H2,1-3H3,(H2,15,16,17);1H. The highest BCUT2D eigenvalue weighted by Crippen LogP contribution is 2.11. The van der Waals surface area contributed by atoms with Crippen molar-refractivity contribution in [3.05, 3.63) is 29.8 Å². The lowest BCUT2D eigenvalue weighted by atomic mass is 10.2. The average Bonchev–Trinajstić information content (AvgIpc) is 2.40. The van der Waals surface area contributed by atoms with Gasteiger partial charge in [-0.1, -0.05) is 17.7 Å². The minimum absolute atomic E-state index is 0. The quantitative estimate of drug-likeness (QED) is 0.347. The molecule has 0 saturated heterocycles. The van der Waals surface area contributed by atoms with Gasteiger partial charge in [0, 0.05) is 20.6 Å². The van der Waals surface area contributed by atoms with Crippen molar-refractivity contribution in [2.24, 2.45) is 4.99 Å². The summed E-state index contributed by atoms with van der Waals surface area (Å²) in [6, 6.07) is 8.15. The SMILES string of the molecule is CN=C(NC)NCCCCOc1ccc(C)cc1.I. The summed E-state index contributed by atoms with van der Waals surface area (Å²) in [6.45, 7) is 3.73. The van der Waals surface area contributed by atoms with Gasteiger partial charge in [0.1, 0.15) is 5.75 Å². The Morgan fingerprint density at radius 2 is 1.89 bits per heavy atom. The molecule has 0 bridgehead atoms. The van der Waals surface area contributed by atoms with Crippen molar-refractivity contribution >= 4 is 29.9 Å². The van der Waals surface area contributed by atoms with Gasteiger partial charge in [0.2, 0.25) is 0 Å². The predicted molar refractivity (Wildman–Crippen MR) is 91.7 cm³/mol. The smallest absolute Gasteiger partial charge is 0.190 e. The van der Waals surface area contributed by atoms with Gasteiger partial charge in [-0.05, 0) is 31.9 Å². The zero-order valence-corrected chi connectivity index (χ0v) is 14.2. The number of aryl methyl sites for hydroxylation is 1. The number of nitrogens with zero attached hydrogens (tertiary/aromatic N) is 1. The molecule has 5 heteroatoms. The summed E-state index contributed by atoms with van der Waals surface area (Å²) in [5.74, 6) is 1.77. The maximum absolute atomic E-state index is 5.65. The summed E-state index contributed by atoms with van der Waals surface area (Å²) in [5, 5.41) is 6.19. The van der Waals surface area contributed by atoms with Gasteiger partial charge in [0.05, 0.1) is 6.61 Å². The van der Waals surface area contributed by atoms with Crippen molar-refractivity contribution in [3.63, 3.8) is 0 Å². The second-order valence-electron chi connectivity index (χ2n) is 4.12. The first kappa shape index (κ1) is 18.0. The summed E-state index contributed by atoms with van der Waals surface area (Å²) in [4.78, 5) is 4.04. The maximum Gasteiger partial charge on any atom is 0.190 e. The molecule has 0 fully saturated rings. The Kier molecular flexibility index (Phi) is 10.3. The summed E-state index contributed by atoms with van der Waals surface area (Å²) < 4.78 is 5.65. The summed E-state index contributed by atoms with van der Waals surface area (Å²) in [5.41, 5.74) is 1.25. The lowest BCUT2D eigenvalue weighted by Crippen LogP contribution is -2.35. The number of aliphatic imine (C=N–C) groups is 1. The van der Waals surface area contributed by atoms with Crippen LogP contribution in [0.5, 0.6) is 5.75 Å². The third-order valence-electron chi connectivity index (χ3n) is 2.61. The average molecular weight is 377 g/mol. The number of benzene rings is 1. The first-order valence-electron chi connectivity index (χ1n) is 6.34. The fourth-order valence-electron chi connectivity index (χ4n) is 1.54. The fraction of sp³-hybridized carbons (Fsp3) is 0.500. The van der Waals surface area contributed by atoms with E-state index in [0.29, 0.717) is 0 Å². The van der Waals surface area contributed by atoms with E-state index in [1.165, 1.54) is 5.56 Å². The molecule has 0 unspecified atom stereocenters. The molecule has 1 rings (SSSR count). The molecule has 0 aliphatic rings. The molecule has 0 amide bonds. The molecule has 0 aliphatic carbocycles. The van der Waals surface area contributed by atoms with E-state index in [9.17, 15) is 0 Å². The number of hydrogen-bond donors (Lipinski definition) is 2. The van der Waals surface area contributed by atoms with Gasteiger partial charge in [0.15, 0.2) is 5.96 Å². The maximum atomic E-state index is 5.65. The van der Waals surface area contributed by atoms with Gasteiger partial charge in [-0.15, -0.1) is 24.0 Å². The van der Waals surface area contributed by atoms with E-state index in [1.807, 2.05) is 19.2 Å². The molecular formula is C14H24IN3O. The molecule has 2 N–H and O–H groups in total. The van der Waals surface area contributed by atoms with E-state index in [4.69, 9.17) is 4.74 Å². The van der Waals surface area contributed by atoms with Gasteiger partial charge in [-0.25, -0.2) is 0 Å². The van der Waals surface area contributed by atoms with Crippen LogP contribution >= 0.6 is 24.0 Å². The van der Waals surface area contributed by atoms with Crippen LogP contribution in [0.3, 0.4) is 0 Å². The molecule has 0 atom stereocenters. The molecule has 0 aromatic heterocycles. The second kappa shape index (κ2) is 10.9. The molecule has 0 saturated carbocycles. The minimum atomic E-state index is 0. The van der Waals surface area contributed by atoms with Crippen molar-refractivity contribution in [3.8, 4) is 5.75 Å². The monoisotopic (exact) mass is 377 g/mol. The first-order valence-corrected chi connectivity index (χ1v) is 6.34. The van der Waals surface area contributed by atoms with Crippen LogP contribution in [0.2, 0.25) is 0 Å². The Balaban J connectivity index is 0.00000324. The van der Waals surface area contributed by atoms with Crippen LogP contribution < -0.4 is 15.4 Å². The summed E-state index contributed by atoms with van der Waals surface area (Å²) in [6.07, 6.45) is 2.09. The molecule has 4 nitrogen and oxygen atoms in total. The normalized spacial score (nSPS) is 10.6. The highest BCUT2D eigenvalue weighted by atomic mass is 127. The van der Waals surface area contributed by atoms with Crippen LogP contribution in [-0.4, -0.2) is 33.2 Å². The van der Waals surface area contributed by atoms with E-state index >= 15 is 0 Å². The van der Waals surface area contributed by atoms with Gasteiger partial charge >= 0.3 is 0 Å². The van der Waals surface area contributed by atoms with Gasteiger partial charge in [-0.3, -0.25) is 4.99 Å². The number of hydrogen-bond acceptors (Lipinski definition) is 2. The van der Waals surface area contributed by atoms with Gasteiger partial charge in [0.25, 0.3) is 0 Å². The highest BCUT2D eigenvalue weighted by molar-refractivity contribution is 14.0. The molecule has 1 aromatic rings. The van der Waals surface area contributed by atoms with Crippen molar-refractivity contribution in [1.82, 2.24) is 10.6 Å². The zero-order valence-electron chi connectivity index (χ0n) is 11.9. The number of rotatable bonds is 6. The fourth-order valence-corrected chi connectivity index (χ4v) is 1.54. The van der Waals surface area contributed by atoms with E-state index in [0.717, 1.165) is 37.7 Å². The van der Waals surface area contributed by atoms with Crippen LogP contribution in [0.1, 0.15) is 18.4 Å². The Morgan fingerprint density at radius 1 is 1.21 bits per heavy atom. The van der Waals surface area contributed by atoms with Crippen molar-refractivity contribution in [1.29, 1.82) is 0 Å². The topological polar surface area (TPSA) is 45.7 Å². The molecule has 108 valence electrons. The van der Waals surface area contributed by atoms with Crippen molar-refractivity contribution < 1.29 is 4.74 Å². The lowest BCUT2D eigenvalue weighted by molar-refractivity contribution is 0.307. The Morgan fingerprint density at radius 3 is 2.47 bits per heavy atom. The highest BCUT2D eigenvalue weighted by Gasteiger charge is 1.95. The second-order valence-corrected chi connectivity index (χ2v) is 4.12. The zero-order chi connectivity index (χ0) is 13.2. The van der Waals surface area contributed by atoms with Crippen LogP contribution in [-0.2, 0) is 0 Å². The van der Waals surface area contributed by atoms with Gasteiger partial charge < -0.3 is 15.4 Å². The molecule has 1 aromatic carbocycles.